The Hall–Kier alpha value is -1.46. The normalized spacial score (nSPS) is 18.9. The Labute approximate surface area is 164 Å². The number of anilines is 2. The molecule has 2 aliphatic rings. The molecule has 2 amide bonds. The second kappa shape index (κ2) is 8.96. The summed E-state index contributed by atoms with van der Waals surface area (Å²) in [6, 6.07) is 7.60. The number of hydrogen-bond donors (Lipinski definition) is 1. The number of piperazine rings is 1. The molecule has 2 fully saturated rings. The van der Waals surface area contributed by atoms with Crippen LogP contribution in [0.2, 0.25) is 0 Å². The summed E-state index contributed by atoms with van der Waals surface area (Å²) in [5.41, 5.74) is 1.75. The molecule has 0 spiro atoms. The highest BCUT2D eigenvalue weighted by Crippen LogP contribution is 2.26. The van der Waals surface area contributed by atoms with E-state index < -0.39 is 10.7 Å². The van der Waals surface area contributed by atoms with E-state index in [1.165, 1.54) is 19.3 Å². The van der Waals surface area contributed by atoms with Crippen LogP contribution in [0.5, 0.6) is 0 Å². The van der Waals surface area contributed by atoms with Crippen molar-refractivity contribution in [2.45, 2.75) is 36.9 Å². The lowest BCUT2D eigenvalue weighted by Crippen LogP contribution is -2.50. The lowest BCUT2D eigenvalue weighted by atomic mass is 9.88. The van der Waals surface area contributed by atoms with Gasteiger partial charge in [0.05, 0.1) is 0 Å². The van der Waals surface area contributed by atoms with E-state index in [4.69, 9.17) is 23.2 Å². The highest BCUT2D eigenvalue weighted by Gasteiger charge is 2.28. The minimum Gasteiger partial charge on any atom is -0.368 e. The third-order valence-electron chi connectivity index (χ3n) is 5.24. The van der Waals surface area contributed by atoms with E-state index in [0.717, 1.165) is 44.7 Å². The predicted molar refractivity (Wildman–Crippen MR) is 106 cm³/mol. The van der Waals surface area contributed by atoms with Crippen molar-refractivity contribution in [1.82, 2.24) is 4.90 Å². The number of nitrogens with one attached hydrogen (secondary N) is 1. The zero-order valence-electron chi connectivity index (χ0n) is 14.8. The summed E-state index contributed by atoms with van der Waals surface area (Å²) in [4.78, 5) is 27.4. The van der Waals surface area contributed by atoms with Gasteiger partial charge in [0.25, 0.3) is 5.91 Å². The monoisotopic (exact) mass is 397 g/mol. The molecule has 142 valence electrons. The number of nitrogens with zero attached hydrogens (tertiary/aromatic N) is 2. The Balaban J connectivity index is 1.51. The van der Waals surface area contributed by atoms with Gasteiger partial charge < -0.3 is 15.1 Å². The minimum atomic E-state index is -1.08. The molecule has 5 nitrogen and oxygen atoms in total. The summed E-state index contributed by atoms with van der Waals surface area (Å²) in [5, 5.41) is 2.66. The fraction of sp³-hybridized carbons (Fsp3) is 0.579. The maximum atomic E-state index is 12.6. The van der Waals surface area contributed by atoms with Gasteiger partial charge in [-0.2, -0.15) is 0 Å². The fourth-order valence-electron chi connectivity index (χ4n) is 3.75. The minimum absolute atomic E-state index is 0.242. The van der Waals surface area contributed by atoms with Crippen LogP contribution in [0.15, 0.2) is 24.3 Å². The molecule has 1 N–H and O–H groups in total. The third kappa shape index (κ3) is 4.83. The zero-order valence-corrected chi connectivity index (χ0v) is 16.3. The number of carbonyl (C=O) groups excluding carboxylic acids is 2. The van der Waals surface area contributed by atoms with E-state index >= 15 is 0 Å². The SMILES string of the molecule is O=C(Nc1ccc(N2CCN(C(=O)C3CCCCC3)CC2)cc1)C(Cl)Cl. The van der Waals surface area contributed by atoms with Crippen LogP contribution >= 0.6 is 23.2 Å². The summed E-state index contributed by atoms with van der Waals surface area (Å²) in [6.07, 6.45) is 5.75. The molecule has 0 unspecified atom stereocenters. The molecule has 1 aromatic rings. The smallest absolute Gasteiger partial charge is 0.257 e. The second-order valence-corrected chi connectivity index (χ2v) is 8.08. The first kappa shape index (κ1) is 19.3. The zero-order chi connectivity index (χ0) is 18.5. The van der Waals surface area contributed by atoms with Crippen LogP contribution < -0.4 is 10.2 Å². The van der Waals surface area contributed by atoms with Crippen LogP contribution in [0, 0.1) is 5.92 Å². The average molecular weight is 398 g/mol. The molecule has 0 aromatic heterocycles. The Bertz CT molecular complexity index is 622. The van der Waals surface area contributed by atoms with Crippen LogP contribution in [0.4, 0.5) is 11.4 Å². The van der Waals surface area contributed by atoms with E-state index in [0.29, 0.717) is 11.6 Å². The van der Waals surface area contributed by atoms with E-state index in [1.54, 1.807) is 0 Å². The van der Waals surface area contributed by atoms with Crippen molar-refractivity contribution in [3.8, 4) is 0 Å². The Morgan fingerprint density at radius 1 is 0.962 bits per heavy atom. The van der Waals surface area contributed by atoms with E-state index in [2.05, 4.69) is 10.2 Å². The van der Waals surface area contributed by atoms with Crippen LogP contribution in [0.25, 0.3) is 0 Å². The highest BCUT2D eigenvalue weighted by molar-refractivity contribution is 6.54. The Morgan fingerprint density at radius 2 is 1.58 bits per heavy atom. The van der Waals surface area contributed by atoms with E-state index in [1.807, 2.05) is 29.2 Å². The molecule has 0 radical (unpaired) electrons. The van der Waals surface area contributed by atoms with Gasteiger partial charge in [-0.25, -0.2) is 0 Å². The number of benzene rings is 1. The largest absolute Gasteiger partial charge is 0.368 e. The predicted octanol–water partition coefficient (Wildman–Crippen LogP) is 3.66. The van der Waals surface area contributed by atoms with Gasteiger partial charge in [0, 0.05) is 43.5 Å². The van der Waals surface area contributed by atoms with Crippen molar-refractivity contribution in [2.24, 2.45) is 5.92 Å². The summed E-state index contributed by atoms with van der Waals surface area (Å²) in [7, 11) is 0. The van der Waals surface area contributed by atoms with Gasteiger partial charge >= 0.3 is 0 Å². The van der Waals surface area contributed by atoms with E-state index in [-0.39, 0.29) is 5.92 Å². The molecule has 26 heavy (non-hydrogen) atoms. The van der Waals surface area contributed by atoms with Gasteiger partial charge in [-0.05, 0) is 37.1 Å². The molecule has 1 saturated carbocycles. The third-order valence-corrected chi connectivity index (χ3v) is 5.64. The molecule has 0 atom stereocenters. The molecule has 7 heteroatoms. The number of rotatable bonds is 4. The van der Waals surface area contributed by atoms with Gasteiger partial charge in [0.15, 0.2) is 4.84 Å². The highest BCUT2D eigenvalue weighted by atomic mass is 35.5. The number of carbonyl (C=O) groups is 2. The molecular formula is C19H25Cl2N3O2. The summed E-state index contributed by atoms with van der Waals surface area (Å²) in [6.45, 7) is 3.20. The maximum Gasteiger partial charge on any atom is 0.257 e. The molecule has 1 aliphatic heterocycles. The second-order valence-electron chi connectivity index (χ2n) is 6.98. The Morgan fingerprint density at radius 3 is 2.15 bits per heavy atom. The van der Waals surface area contributed by atoms with Crippen molar-refractivity contribution in [2.75, 3.05) is 36.4 Å². The maximum absolute atomic E-state index is 12.6. The van der Waals surface area contributed by atoms with Crippen molar-refractivity contribution < 1.29 is 9.59 Å². The van der Waals surface area contributed by atoms with Crippen molar-refractivity contribution in [3.63, 3.8) is 0 Å². The number of amides is 2. The van der Waals surface area contributed by atoms with Crippen LogP contribution in [-0.2, 0) is 9.59 Å². The lowest BCUT2D eigenvalue weighted by molar-refractivity contribution is -0.136. The van der Waals surface area contributed by atoms with Crippen LogP contribution in [0.3, 0.4) is 0 Å². The molecule has 1 heterocycles. The van der Waals surface area contributed by atoms with Crippen LogP contribution in [0.1, 0.15) is 32.1 Å². The van der Waals surface area contributed by atoms with Gasteiger partial charge in [-0.1, -0.05) is 42.5 Å². The first-order valence-electron chi connectivity index (χ1n) is 9.27. The molecule has 0 bridgehead atoms. The van der Waals surface area contributed by atoms with Gasteiger partial charge in [0.1, 0.15) is 0 Å². The quantitative estimate of drug-likeness (QED) is 0.788. The molecule has 1 aromatic carbocycles. The first-order chi connectivity index (χ1) is 12.5. The summed E-state index contributed by atoms with van der Waals surface area (Å²) in [5.74, 6) is 0.154. The number of hydrogen-bond acceptors (Lipinski definition) is 3. The van der Waals surface area contributed by atoms with Crippen LogP contribution in [-0.4, -0.2) is 47.7 Å². The average Bonchev–Trinajstić information content (AvgIpc) is 2.69. The Kier molecular flexibility index (Phi) is 6.65. The fourth-order valence-corrected chi connectivity index (χ4v) is 3.85. The summed E-state index contributed by atoms with van der Waals surface area (Å²) >= 11 is 11.1. The summed E-state index contributed by atoms with van der Waals surface area (Å²) < 4.78 is 0. The van der Waals surface area contributed by atoms with Crippen molar-refractivity contribution in [3.05, 3.63) is 24.3 Å². The molecule has 1 aliphatic carbocycles. The molecular weight excluding hydrogens is 373 g/mol. The lowest BCUT2D eigenvalue weighted by Gasteiger charge is -2.38. The van der Waals surface area contributed by atoms with Gasteiger partial charge in [-0.3, -0.25) is 9.59 Å². The van der Waals surface area contributed by atoms with Gasteiger partial charge in [0.2, 0.25) is 5.91 Å². The first-order valence-corrected chi connectivity index (χ1v) is 10.1. The number of alkyl halides is 2. The van der Waals surface area contributed by atoms with E-state index in [9.17, 15) is 9.59 Å². The molecule has 3 rings (SSSR count). The standard InChI is InChI=1S/C19H25Cl2N3O2/c20-17(21)18(25)22-15-6-8-16(9-7-15)23-10-12-24(13-11-23)19(26)14-4-2-1-3-5-14/h6-9,14,17H,1-5,10-13H2,(H,22,25). The number of halogens is 2. The van der Waals surface area contributed by atoms with Crippen molar-refractivity contribution in [1.29, 1.82) is 0 Å². The molecule has 1 saturated heterocycles. The van der Waals surface area contributed by atoms with Crippen molar-refractivity contribution >= 4 is 46.4 Å². The topological polar surface area (TPSA) is 52.7 Å². The van der Waals surface area contributed by atoms with Gasteiger partial charge in [-0.15, -0.1) is 0 Å².